The molecule has 1 aliphatic carbocycles. The zero-order valence-corrected chi connectivity index (χ0v) is 14.6. The number of amides is 1. The van der Waals surface area contributed by atoms with E-state index in [4.69, 9.17) is 5.26 Å². The zero-order valence-electron chi connectivity index (χ0n) is 14.6. The number of hydrogen-bond acceptors (Lipinski definition) is 5. The van der Waals surface area contributed by atoms with Gasteiger partial charge in [-0.2, -0.15) is 10.5 Å². The van der Waals surface area contributed by atoms with E-state index in [9.17, 15) is 18.8 Å². The summed E-state index contributed by atoms with van der Waals surface area (Å²) >= 11 is 0. The molecule has 1 aromatic carbocycles. The van der Waals surface area contributed by atoms with Gasteiger partial charge in [0.15, 0.2) is 0 Å². The fraction of sp³-hybridized carbons (Fsp3) is 0.526. The number of carbonyl (C=O) groups excluding carboxylic acids is 1. The van der Waals surface area contributed by atoms with Crippen LogP contribution in [-0.2, 0) is 4.79 Å². The summed E-state index contributed by atoms with van der Waals surface area (Å²) in [6, 6.07) is 7.78. The highest BCUT2D eigenvalue weighted by Gasteiger charge is 2.56. The van der Waals surface area contributed by atoms with Crippen molar-refractivity contribution >= 4 is 11.6 Å². The van der Waals surface area contributed by atoms with Crippen molar-refractivity contribution in [1.29, 1.82) is 10.5 Å². The lowest BCUT2D eigenvalue weighted by Gasteiger charge is -2.24. The highest BCUT2D eigenvalue weighted by molar-refractivity contribution is 5.79. The first-order valence-electron chi connectivity index (χ1n) is 9.03. The van der Waals surface area contributed by atoms with Crippen LogP contribution in [0.5, 0.6) is 0 Å². The highest BCUT2D eigenvalue weighted by Crippen LogP contribution is 2.47. The molecule has 2 saturated heterocycles. The first-order chi connectivity index (χ1) is 13.0. The van der Waals surface area contributed by atoms with Gasteiger partial charge < -0.3 is 15.1 Å². The molecule has 27 heavy (non-hydrogen) atoms. The van der Waals surface area contributed by atoms with E-state index in [-0.39, 0.29) is 31.5 Å². The maximum Gasteiger partial charge on any atom is 0.237 e. The van der Waals surface area contributed by atoms with Gasteiger partial charge in [0.05, 0.1) is 30.4 Å². The van der Waals surface area contributed by atoms with Gasteiger partial charge in [0, 0.05) is 25.6 Å². The summed E-state index contributed by atoms with van der Waals surface area (Å²) in [5, 5.41) is 21.5. The lowest BCUT2D eigenvalue weighted by molar-refractivity contribution is -0.130. The maximum atomic E-state index is 13.4. The number of fused-ring (bicyclic) bond motifs is 1. The molecule has 1 saturated carbocycles. The molecule has 1 amide bonds. The SMILES string of the molecule is N#Cc1cc(F)ccc1N1CC2C(C1)C2NCC(=O)N1C[C@@H](F)C[C@H]1C#N. The number of benzene rings is 1. The number of carbonyl (C=O) groups is 1. The molecular formula is C19H19F2N5O. The second-order valence-electron chi connectivity index (χ2n) is 7.44. The van der Waals surface area contributed by atoms with Gasteiger partial charge in [-0.05, 0) is 30.0 Å². The van der Waals surface area contributed by atoms with Crippen LogP contribution in [0.3, 0.4) is 0 Å². The van der Waals surface area contributed by atoms with Gasteiger partial charge in [0.25, 0.3) is 0 Å². The summed E-state index contributed by atoms with van der Waals surface area (Å²) in [7, 11) is 0. The van der Waals surface area contributed by atoms with Crippen molar-refractivity contribution in [2.24, 2.45) is 11.8 Å². The van der Waals surface area contributed by atoms with Crippen molar-refractivity contribution in [2.45, 2.75) is 24.7 Å². The number of anilines is 1. The molecule has 140 valence electrons. The fourth-order valence-electron chi connectivity index (χ4n) is 4.39. The summed E-state index contributed by atoms with van der Waals surface area (Å²) in [4.78, 5) is 15.7. The predicted octanol–water partition coefficient (Wildman–Crippen LogP) is 1.18. The molecule has 2 heterocycles. The summed E-state index contributed by atoms with van der Waals surface area (Å²) in [5.74, 6) is 0.0713. The van der Waals surface area contributed by atoms with Crippen LogP contribution in [0.25, 0.3) is 0 Å². The number of rotatable bonds is 4. The van der Waals surface area contributed by atoms with Crippen LogP contribution < -0.4 is 10.2 Å². The summed E-state index contributed by atoms with van der Waals surface area (Å²) in [6.45, 7) is 1.58. The average molecular weight is 371 g/mol. The van der Waals surface area contributed by atoms with Crippen LogP contribution in [0, 0.1) is 40.3 Å². The quantitative estimate of drug-likeness (QED) is 0.860. The average Bonchev–Trinajstić information content (AvgIpc) is 2.99. The molecule has 0 radical (unpaired) electrons. The van der Waals surface area contributed by atoms with Crippen molar-refractivity contribution in [3.63, 3.8) is 0 Å². The summed E-state index contributed by atoms with van der Waals surface area (Å²) in [6.07, 6.45) is -1.04. The largest absolute Gasteiger partial charge is 0.370 e. The molecule has 4 atom stereocenters. The van der Waals surface area contributed by atoms with E-state index in [1.54, 1.807) is 6.07 Å². The second-order valence-corrected chi connectivity index (χ2v) is 7.44. The van der Waals surface area contributed by atoms with Crippen LogP contribution in [0.1, 0.15) is 12.0 Å². The van der Waals surface area contributed by atoms with Crippen molar-refractivity contribution in [2.75, 3.05) is 31.1 Å². The third kappa shape index (κ3) is 3.22. The van der Waals surface area contributed by atoms with Crippen molar-refractivity contribution in [3.05, 3.63) is 29.6 Å². The first-order valence-corrected chi connectivity index (χ1v) is 9.03. The van der Waals surface area contributed by atoms with Gasteiger partial charge in [-0.25, -0.2) is 8.78 Å². The van der Waals surface area contributed by atoms with Gasteiger partial charge in [-0.3, -0.25) is 4.79 Å². The molecule has 1 aromatic rings. The number of piperidine rings is 1. The number of nitrogens with one attached hydrogen (secondary N) is 1. The molecule has 3 aliphatic rings. The number of likely N-dealkylation sites (tertiary alicyclic amines) is 1. The van der Waals surface area contributed by atoms with Crippen molar-refractivity contribution in [3.8, 4) is 12.1 Å². The number of hydrogen-bond donors (Lipinski definition) is 1. The topological polar surface area (TPSA) is 83.2 Å². The van der Waals surface area contributed by atoms with E-state index < -0.39 is 18.0 Å². The predicted molar refractivity (Wildman–Crippen MR) is 92.7 cm³/mol. The first kappa shape index (κ1) is 17.7. The Kier molecular flexibility index (Phi) is 4.45. The highest BCUT2D eigenvalue weighted by atomic mass is 19.1. The summed E-state index contributed by atoms with van der Waals surface area (Å²) < 4.78 is 26.7. The Labute approximate surface area is 156 Å². The van der Waals surface area contributed by atoms with Crippen LogP contribution in [0.4, 0.5) is 14.5 Å². The van der Waals surface area contributed by atoms with Crippen LogP contribution in [0.15, 0.2) is 18.2 Å². The van der Waals surface area contributed by atoms with E-state index in [0.717, 1.165) is 18.8 Å². The molecule has 0 aromatic heterocycles. The molecule has 0 bridgehead atoms. The Morgan fingerprint density at radius 2 is 2.00 bits per heavy atom. The second kappa shape index (κ2) is 6.79. The molecular weight excluding hydrogens is 352 g/mol. The summed E-state index contributed by atoms with van der Waals surface area (Å²) in [5.41, 5.74) is 1.07. The fourth-order valence-corrected chi connectivity index (χ4v) is 4.39. The molecule has 3 fully saturated rings. The number of alkyl halides is 1. The Bertz CT molecular complexity index is 835. The third-order valence-corrected chi connectivity index (χ3v) is 5.82. The van der Waals surface area contributed by atoms with Gasteiger partial charge in [-0.1, -0.05) is 0 Å². The Hall–Kier alpha value is -2.71. The van der Waals surface area contributed by atoms with E-state index in [2.05, 4.69) is 10.2 Å². The van der Waals surface area contributed by atoms with E-state index in [0.29, 0.717) is 17.4 Å². The monoisotopic (exact) mass is 371 g/mol. The number of nitrogens with zero attached hydrogens (tertiary/aromatic N) is 4. The standard InChI is InChI=1S/C19H19F2N5O/c20-12-1-2-17(11(3-12)5-22)25-9-15-16(10-25)19(15)24-7-18(27)26-8-13(21)4-14(26)6-23/h1-3,13-16,19,24H,4,7-10H2/t13-,14-,15?,16?,19?/m0/s1. The minimum atomic E-state index is -1.13. The molecule has 2 unspecified atom stereocenters. The molecule has 1 N–H and O–H groups in total. The molecule has 8 heteroatoms. The van der Waals surface area contributed by atoms with Crippen LogP contribution >= 0.6 is 0 Å². The van der Waals surface area contributed by atoms with Crippen LogP contribution in [0.2, 0.25) is 0 Å². The lowest BCUT2D eigenvalue weighted by atomic mass is 10.1. The Morgan fingerprint density at radius 1 is 1.26 bits per heavy atom. The molecule has 0 spiro atoms. The minimum absolute atomic E-state index is 0.00839. The van der Waals surface area contributed by atoms with E-state index in [1.807, 2.05) is 12.1 Å². The molecule has 6 nitrogen and oxygen atoms in total. The van der Waals surface area contributed by atoms with Crippen molar-refractivity contribution < 1.29 is 13.6 Å². The smallest absolute Gasteiger partial charge is 0.237 e. The van der Waals surface area contributed by atoms with Gasteiger partial charge in [0.1, 0.15) is 24.1 Å². The number of nitriles is 2. The van der Waals surface area contributed by atoms with Crippen LogP contribution in [-0.4, -0.2) is 55.2 Å². The normalized spacial score (nSPS) is 31.3. The van der Waals surface area contributed by atoms with Gasteiger partial charge >= 0.3 is 0 Å². The van der Waals surface area contributed by atoms with Gasteiger partial charge in [0.2, 0.25) is 5.91 Å². The number of halogens is 2. The zero-order chi connectivity index (χ0) is 19.1. The van der Waals surface area contributed by atoms with E-state index >= 15 is 0 Å². The van der Waals surface area contributed by atoms with Gasteiger partial charge in [-0.15, -0.1) is 0 Å². The van der Waals surface area contributed by atoms with Crippen molar-refractivity contribution in [1.82, 2.24) is 10.2 Å². The molecule has 4 rings (SSSR count). The minimum Gasteiger partial charge on any atom is -0.370 e. The van der Waals surface area contributed by atoms with E-state index in [1.165, 1.54) is 17.0 Å². The molecule has 2 aliphatic heterocycles. The third-order valence-electron chi connectivity index (χ3n) is 5.82. The lowest BCUT2D eigenvalue weighted by Crippen LogP contribution is -2.43. The maximum absolute atomic E-state index is 13.4. The Balaban J connectivity index is 1.29. The Morgan fingerprint density at radius 3 is 2.67 bits per heavy atom.